The number of rotatable bonds is 2. The number of aliphatic carboxylic acids is 1. The van der Waals surface area contributed by atoms with E-state index < -0.39 is 12.0 Å². The zero-order valence-electron chi connectivity index (χ0n) is 10.4. The van der Waals surface area contributed by atoms with Gasteiger partial charge in [0.25, 0.3) is 5.91 Å². The Labute approximate surface area is 124 Å². The van der Waals surface area contributed by atoms with Gasteiger partial charge in [-0.25, -0.2) is 4.79 Å². The molecular formula is C13H14BrNO3S. The number of halogens is 1. The molecule has 0 saturated carbocycles. The average molecular weight is 344 g/mol. The van der Waals surface area contributed by atoms with Gasteiger partial charge in [-0.15, -0.1) is 0 Å². The molecule has 0 aromatic heterocycles. The zero-order chi connectivity index (χ0) is 14.0. The van der Waals surface area contributed by atoms with Gasteiger partial charge in [-0.3, -0.25) is 4.79 Å². The molecule has 0 spiro atoms. The van der Waals surface area contributed by atoms with Gasteiger partial charge in [-0.1, -0.05) is 15.9 Å². The van der Waals surface area contributed by atoms with Gasteiger partial charge in [-0.2, -0.15) is 11.8 Å². The second kappa shape index (κ2) is 5.96. The SMILES string of the molecule is Cc1cc(Br)cc(C(=O)N2CCSCC2C(=O)O)c1. The lowest BCUT2D eigenvalue weighted by Gasteiger charge is -2.32. The number of carboxylic acids is 1. The van der Waals surface area contributed by atoms with Crippen LogP contribution in [0.3, 0.4) is 0 Å². The predicted octanol–water partition coefficient (Wildman–Crippen LogP) is 2.40. The molecule has 1 amide bonds. The minimum atomic E-state index is -0.938. The van der Waals surface area contributed by atoms with E-state index in [0.29, 0.717) is 17.9 Å². The first-order chi connectivity index (χ1) is 8.99. The molecular weight excluding hydrogens is 330 g/mol. The fraction of sp³-hybridized carbons (Fsp3) is 0.385. The standard InChI is InChI=1S/C13H14BrNO3S/c1-8-4-9(6-10(14)5-8)12(16)15-2-3-19-7-11(15)13(17)18/h4-6,11H,2-3,7H2,1H3,(H,17,18). The molecule has 0 radical (unpaired) electrons. The van der Waals surface area contributed by atoms with Crippen molar-refractivity contribution in [3.05, 3.63) is 33.8 Å². The Morgan fingerprint density at radius 2 is 2.16 bits per heavy atom. The number of benzene rings is 1. The quantitative estimate of drug-likeness (QED) is 0.895. The van der Waals surface area contributed by atoms with E-state index in [4.69, 9.17) is 0 Å². The van der Waals surface area contributed by atoms with Crippen LogP contribution in [-0.4, -0.2) is 46.0 Å². The molecule has 6 heteroatoms. The van der Waals surface area contributed by atoms with Crippen molar-refractivity contribution in [2.45, 2.75) is 13.0 Å². The lowest BCUT2D eigenvalue weighted by molar-refractivity contribution is -0.141. The average Bonchev–Trinajstić information content (AvgIpc) is 2.36. The first-order valence-corrected chi connectivity index (χ1v) is 7.82. The number of amides is 1. The number of carbonyl (C=O) groups is 2. The Morgan fingerprint density at radius 1 is 1.42 bits per heavy atom. The maximum Gasteiger partial charge on any atom is 0.327 e. The normalized spacial score (nSPS) is 19.3. The molecule has 1 N–H and O–H groups in total. The van der Waals surface area contributed by atoms with E-state index in [0.717, 1.165) is 15.8 Å². The molecule has 1 saturated heterocycles. The number of hydrogen-bond donors (Lipinski definition) is 1. The highest BCUT2D eigenvalue weighted by Gasteiger charge is 2.32. The molecule has 19 heavy (non-hydrogen) atoms. The van der Waals surface area contributed by atoms with Crippen molar-refractivity contribution < 1.29 is 14.7 Å². The summed E-state index contributed by atoms with van der Waals surface area (Å²) in [5.41, 5.74) is 1.50. The van der Waals surface area contributed by atoms with Crippen molar-refractivity contribution in [1.29, 1.82) is 0 Å². The number of carboxylic acid groups (broad SMARTS) is 1. The Bertz CT molecular complexity index is 500. The minimum absolute atomic E-state index is 0.211. The fourth-order valence-corrected chi connectivity index (χ4v) is 3.72. The van der Waals surface area contributed by atoms with Crippen molar-refractivity contribution in [1.82, 2.24) is 4.90 Å². The van der Waals surface area contributed by atoms with Crippen LogP contribution in [0.4, 0.5) is 0 Å². The van der Waals surface area contributed by atoms with Gasteiger partial charge in [0.05, 0.1) is 0 Å². The maximum atomic E-state index is 12.5. The van der Waals surface area contributed by atoms with Gasteiger partial charge in [0.1, 0.15) is 6.04 Å². The van der Waals surface area contributed by atoms with Crippen molar-refractivity contribution in [2.24, 2.45) is 0 Å². The lowest BCUT2D eigenvalue weighted by atomic mass is 10.1. The zero-order valence-corrected chi connectivity index (χ0v) is 12.8. The molecule has 1 aromatic rings. The molecule has 1 fully saturated rings. The molecule has 0 bridgehead atoms. The summed E-state index contributed by atoms with van der Waals surface area (Å²) in [4.78, 5) is 25.1. The van der Waals surface area contributed by atoms with Gasteiger partial charge in [-0.05, 0) is 30.7 Å². The van der Waals surface area contributed by atoms with Crippen LogP contribution in [0.25, 0.3) is 0 Å². The fourth-order valence-electron chi connectivity index (χ4n) is 2.08. The van der Waals surface area contributed by atoms with Crippen LogP contribution in [0.1, 0.15) is 15.9 Å². The van der Waals surface area contributed by atoms with E-state index in [1.54, 1.807) is 23.9 Å². The summed E-state index contributed by atoms with van der Waals surface area (Å²) < 4.78 is 0.828. The third-order valence-electron chi connectivity index (χ3n) is 2.96. The minimum Gasteiger partial charge on any atom is -0.480 e. The Morgan fingerprint density at radius 3 is 2.79 bits per heavy atom. The number of carbonyl (C=O) groups excluding carboxylic acids is 1. The highest BCUT2D eigenvalue weighted by molar-refractivity contribution is 9.10. The Balaban J connectivity index is 2.28. The predicted molar refractivity (Wildman–Crippen MR) is 78.7 cm³/mol. The molecule has 0 aliphatic carbocycles. The van der Waals surface area contributed by atoms with Gasteiger partial charge in [0.15, 0.2) is 0 Å². The van der Waals surface area contributed by atoms with Crippen molar-refractivity contribution in [3.63, 3.8) is 0 Å². The monoisotopic (exact) mass is 343 g/mol. The van der Waals surface area contributed by atoms with Crippen LogP contribution in [0.15, 0.2) is 22.7 Å². The van der Waals surface area contributed by atoms with Crippen molar-refractivity contribution in [2.75, 3.05) is 18.1 Å². The highest BCUT2D eigenvalue weighted by atomic mass is 79.9. The molecule has 1 atom stereocenters. The van der Waals surface area contributed by atoms with E-state index in [2.05, 4.69) is 15.9 Å². The first kappa shape index (κ1) is 14.4. The topological polar surface area (TPSA) is 57.6 Å². The summed E-state index contributed by atoms with van der Waals surface area (Å²) in [5, 5.41) is 9.20. The van der Waals surface area contributed by atoms with Crippen LogP contribution in [0.2, 0.25) is 0 Å². The van der Waals surface area contributed by atoms with Crippen LogP contribution >= 0.6 is 27.7 Å². The van der Waals surface area contributed by atoms with E-state index in [-0.39, 0.29) is 5.91 Å². The third-order valence-corrected chi connectivity index (χ3v) is 4.44. The summed E-state index contributed by atoms with van der Waals surface area (Å²) in [5.74, 6) is 0.0840. The number of thioether (sulfide) groups is 1. The van der Waals surface area contributed by atoms with E-state index in [1.807, 2.05) is 13.0 Å². The number of hydrogen-bond acceptors (Lipinski definition) is 3. The second-order valence-corrected chi connectivity index (χ2v) is 6.51. The lowest BCUT2D eigenvalue weighted by Crippen LogP contribution is -2.50. The molecule has 1 aliphatic heterocycles. The Kier molecular flexibility index (Phi) is 4.52. The van der Waals surface area contributed by atoms with Crippen LogP contribution in [0, 0.1) is 6.92 Å². The first-order valence-electron chi connectivity index (χ1n) is 5.88. The van der Waals surface area contributed by atoms with E-state index in [1.165, 1.54) is 4.90 Å². The van der Waals surface area contributed by atoms with Crippen LogP contribution < -0.4 is 0 Å². The summed E-state index contributed by atoms with van der Waals surface area (Å²) in [6, 6.07) is 4.70. The maximum absolute atomic E-state index is 12.5. The molecule has 1 aliphatic rings. The van der Waals surface area contributed by atoms with E-state index >= 15 is 0 Å². The molecule has 4 nitrogen and oxygen atoms in total. The molecule has 1 aromatic carbocycles. The molecule has 1 heterocycles. The summed E-state index contributed by atoms with van der Waals surface area (Å²) in [6.45, 7) is 2.38. The largest absolute Gasteiger partial charge is 0.480 e. The smallest absolute Gasteiger partial charge is 0.327 e. The number of nitrogens with zero attached hydrogens (tertiary/aromatic N) is 1. The van der Waals surface area contributed by atoms with E-state index in [9.17, 15) is 14.7 Å². The molecule has 102 valence electrons. The van der Waals surface area contributed by atoms with Crippen LogP contribution in [-0.2, 0) is 4.79 Å². The Hall–Kier alpha value is -1.01. The van der Waals surface area contributed by atoms with Crippen molar-refractivity contribution in [3.8, 4) is 0 Å². The second-order valence-electron chi connectivity index (χ2n) is 4.44. The van der Waals surface area contributed by atoms with Crippen molar-refractivity contribution >= 4 is 39.6 Å². The summed E-state index contributed by atoms with van der Waals surface area (Å²) in [7, 11) is 0. The summed E-state index contributed by atoms with van der Waals surface area (Å²) in [6.07, 6.45) is 0. The molecule has 1 unspecified atom stereocenters. The van der Waals surface area contributed by atoms with Gasteiger partial charge in [0, 0.05) is 28.1 Å². The van der Waals surface area contributed by atoms with Gasteiger partial charge in [0.2, 0.25) is 0 Å². The van der Waals surface area contributed by atoms with Gasteiger partial charge >= 0.3 is 5.97 Å². The third kappa shape index (κ3) is 3.30. The van der Waals surface area contributed by atoms with Gasteiger partial charge < -0.3 is 10.0 Å². The van der Waals surface area contributed by atoms with Crippen LogP contribution in [0.5, 0.6) is 0 Å². The highest BCUT2D eigenvalue weighted by Crippen LogP contribution is 2.22. The summed E-state index contributed by atoms with van der Waals surface area (Å²) >= 11 is 4.93. The number of aryl methyl sites for hydroxylation is 1. The molecule has 2 rings (SSSR count).